The van der Waals surface area contributed by atoms with Gasteiger partial charge < -0.3 is 15.3 Å². The summed E-state index contributed by atoms with van der Waals surface area (Å²) in [6.45, 7) is 3.99. The Balaban J connectivity index is 2.15. The molecule has 1 aliphatic rings. The van der Waals surface area contributed by atoms with Crippen molar-refractivity contribution in [2.24, 2.45) is 0 Å². The van der Waals surface area contributed by atoms with Gasteiger partial charge in [0.2, 0.25) is 0 Å². The van der Waals surface area contributed by atoms with Crippen molar-refractivity contribution in [2.45, 2.75) is 51.3 Å². The second-order valence-corrected chi connectivity index (χ2v) is 5.44. The van der Waals surface area contributed by atoms with Crippen LogP contribution < -0.4 is 10.2 Å². The lowest BCUT2D eigenvalue weighted by atomic mass is 9.91. The molecule has 3 nitrogen and oxygen atoms in total. The summed E-state index contributed by atoms with van der Waals surface area (Å²) in [6, 6.07) is 8.76. The molecule has 1 aliphatic carbocycles. The maximum absolute atomic E-state index is 10.2. The second-order valence-electron chi connectivity index (χ2n) is 5.44. The molecule has 0 heterocycles. The summed E-state index contributed by atoms with van der Waals surface area (Å²) < 4.78 is 0. The van der Waals surface area contributed by atoms with Gasteiger partial charge in [0.25, 0.3) is 0 Å². The predicted octanol–water partition coefficient (Wildman–Crippen LogP) is 2.54. The number of nitrogens with zero attached hydrogens (tertiary/aromatic N) is 1. The fourth-order valence-corrected chi connectivity index (χ4v) is 2.99. The topological polar surface area (TPSA) is 35.5 Å². The number of hydrogen-bond donors (Lipinski definition) is 2. The van der Waals surface area contributed by atoms with Crippen molar-refractivity contribution < 1.29 is 5.11 Å². The normalized spacial score (nSPS) is 23.3. The van der Waals surface area contributed by atoms with Crippen LogP contribution in [0.2, 0.25) is 0 Å². The van der Waals surface area contributed by atoms with Gasteiger partial charge in [0.05, 0.1) is 12.1 Å². The van der Waals surface area contributed by atoms with Crippen molar-refractivity contribution in [3.8, 4) is 0 Å². The average molecular weight is 262 g/mol. The van der Waals surface area contributed by atoms with Crippen molar-refractivity contribution >= 4 is 5.69 Å². The molecule has 19 heavy (non-hydrogen) atoms. The van der Waals surface area contributed by atoms with Crippen LogP contribution >= 0.6 is 0 Å². The molecule has 0 aromatic heterocycles. The van der Waals surface area contributed by atoms with E-state index in [0.717, 1.165) is 32.4 Å². The lowest BCUT2D eigenvalue weighted by molar-refractivity contribution is 0.106. The number of anilines is 1. The Bertz CT molecular complexity index is 394. The fraction of sp³-hybridized carbons (Fsp3) is 0.625. The van der Waals surface area contributed by atoms with E-state index in [1.165, 1.54) is 17.7 Å². The zero-order valence-electron chi connectivity index (χ0n) is 12.1. The third-order valence-corrected chi connectivity index (χ3v) is 4.13. The largest absolute Gasteiger partial charge is 0.391 e. The van der Waals surface area contributed by atoms with Crippen molar-refractivity contribution in [2.75, 3.05) is 18.5 Å². The van der Waals surface area contributed by atoms with Crippen LogP contribution in [0.15, 0.2) is 24.3 Å². The molecule has 0 radical (unpaired) electrons. The smallest absolute Gasteiger partial charge is 0.0743 e. The summed E-state index contributed by atoms with van der Waals surface area (Å²) in [5.41, 5.74) is 2.55. The van der Waals surface area contributed by atoms with Crippen LogP contribution in [0.3, 0.4) is 0 Å². The van der Waals surface area contributed by atoms with Crippen LogP contribution in [0.4, 0.5) is 5.69 Å². The van der Waals surface area contributed by atoms with E-state index in [1.807, 2.05) is 0 Å². The van der Waals surface area contributed by atoms with Crippen LogP contribution in [0, 0.1) is 0 Å². The number of hydrogen-bond acceptors (Lipinski definition) is 3. The minimum atomic E-state index is -0.189. The Labute approximate surface area is 116 Å². The highest BCUT2D eigenvalue weighted by atomic mass is 16.3. The van der Waals surface area contributed by atoms with Crippen molar-refractivity contribution in [3.63, 3.8) is 0 Å². The number of rotatable bonds is 5. The highest BCUT2D eigenvalue weighted by molar-refractivity contribution is 5.54. The van der Waals surface area contributed by atoms with E-state index in [-0.39, 0.29) is 12.1 Å². The molecule has 1 saturated carbocycles. The Kier molecular flexibility index (Phi) is 5.23. The molecule has 0 amide bonds. The predicted molar refractivity (Wildman–Crippen MR) is 80.5 cm³/mol. The zero-order chi connectivity index (χ0) is 13.7. The molecular formula is C16H26N2O. The van der Waals surface area contributed by atoms with Crippen LogP contribution in [-0.4, -0.2) is 30.8 Å². The van der Waals surface area contributed by atoms with E-state index in [0.29, 0.717) is 0 Å². The quantitative estimate of drug-likeness (QED) is 0.856. The maximum atomic E-state index is 10.2. The minimum absolute atomic E-state index is 0.189. The molecule has 0 spiro atoms. The Morgan fingerprint density at radius 3 is 2.74 bits per heavy atom. The molecule has 2 unspecified atom stereocenters. The van der Waals surface area contributed by atoms with Gasteiger partial charge in [-0.3, -0.25) is 0 Å². The third kappa shape index (κ3) is 3.48. The van der Waals surface area contributed by atoms with Crippen LogP contribution in [0.1, 0.15) is 38.2 Å². The van der Waals surface area contributed by atoms with E-state index in [1.54, 1.807) is 0 Å². The first-order chi connectivity index (χ1) is 9.24. The Morgan fingerprint density at radius 1 is 1.26 bits per heavy atom. The van der Waals surface area contributed by atoms with Crippen molar-refractivity contribution in [1.29, 1.82) is 0 Å². The van der Waals surface area contributed by atoms with Crippen LogP contribution in [-0.2, 0) is 6.54 Å². The van der Waals surface area contributed by atoms with Gasteiger partial charge in [-0.05, 0) is 31.0 Å². The van der Waals surface area contributed by atoms with Gasteiger partial charge in [-0.1, -0.05) is 38.0 Å². The van der Waals surface area contributed by atoms with Gasteiger partial charge in [-0.15, -0.1) is 0 Å². The summed E-state index contributed by atoms with van der Waals surface area (Å²) in [5.74, 6) is 0. The molecule has 1 fully saturated rings. The molecule has 1 aromatic rings. The van der Waals surface area contributed by atoms with Gasteiger partial charge in [-0.2, -0.15) is 0 Å². The molecule has 0 aliphatic heterocycles. The SMILES string of the molecule is CCNCc1ccccc1N(C)C1CCCCC1O. The zero-order valence-corrected chi connectivity index (χ0v) is 12.1. The summed E-state index contributed by atoms with van der Waals surface area (Å²) in [7, 11) is 2.12. The van der Waals surface area contributed by atoms with Gasteiger partial charge in [0, 0.05) is 19.3 Å². The molecule has 0 bridgehead atoms. The van der Waals surface area contributed by atoms with Crippen molar-refractivity contribution in [1.82, 2.24) is 5.32 Å². The van der Waals surface area contributed by atoms with Crippen LogP contribution in [0.5, 0.6) is 0 Å². The van der Waals surface area contributed by atoms with Gasteiger partial charge >= 0.3 is 0 Å². The second kappa shape index (κ2) is 6.92. The van der Waals surface area contributed by atoms with E-state index in [2.05, 4.69) is 48.5 Å². The standard InChI is InChI=1S/C16H26N2O/c1-3-17-12-13-8-4-5-9-14(13)18(2)15-10-6-7-11-16(15)19/h4-5,8-9,15-17,19H,3,6-7,10-12H2,1-2H3. The first-order valence-electron chi connectivity index (χ1n) is 7.43. The molecule has 0 saturated heterocycles. The lowest BCUT2D eigenvalue weighted by Crippen LogP contribution is -2.44. The van der Waals surface area contributed by atoms with Gasteiger partial charge in [0.1, 0.15) is 0 Å². The average Bonchev–Trinajstić information content (AvgIpc) is 2.45. The molecule has 2 N–H and O–H groups in total. The number of aliphatic hydroxyl groups is 1. The molecule has 106 valence electrons. The molecule has 2 rings (SSSR count). The van der Waals surface area contributed by atoms with Gasteiger partial charge in [-0.25, -0.2) is 0 Å². The third-order valence-electron chi connectivity index (χ3n) is 4.13. The first kappa shape index (κ1) is 14.4. The Morgan fingerprint density at radius 2 is 2.00 bits per heavy atom. The number of nitrogens with one attached hydrogen (secondary N) is 1. The number of likely N-dealkylation sites (N-methyl/N-ethyl adjacent to an activating group) is 1. The van der Waals surface area contributed by atoms with E-state index in [4.69, 9.17) is 0 Å². The fourth-order valence-electron chi connectivity index (χ4n) is 2.99. The monoisotopic (exact) mass is 262 g/mol. The highest BCUT2D eigenvalue weighted by Gasteiger charge is 2.27. The summed E-state index contributed by atoms with van der Waals surface area (Å²) in [4.78, 5) is 2.27. The van der Waals surface area contributed by atoms with E-state index >= 15 is 0 Å². The van der Waals surface area contributed by atoms with Gasteiger partial charge in [0.15, 0.2) is 0 Å². The van der Waals surface area contributed by atoms with Crippen molar-refractivity contribution in [3.05, 3.63) is 29.8 Å². The Hall–Kier alpha value is -1.06. The lowest BCUT2D eigenvalue weighted by Gasteiger charge is -2.37. The highest BCUT2D eigenvalue weighted by Crippen LogP contribution is 2.28. The van der Waals surface area contributed by atoms with E-state index in [9.17, 15) is 5.11 Å². The number of aliphatic hydroxyl groups excluding tert-OH is 1. The molecule has 1 aromatic carbocycles. The summed E-state index contributed by atoms with van der Waals surface area (Å²) in [6.07, 6.45) is 4.22. The number of benzene rings is 1. The summed E-state index contributed by atoms with van der Waals surface area (Å²) in [5, 5.41) is 13.6. The maximum Gasteiger partial charge on any atom is 0.0743 e. The molecule has 2 atom stereocenters. The summed E-state index contributed by atoms with van der Waals surface area (Å²) >= 11 is 0. The van der Waals surface area contributed by atoms with E-state index < -0.39 is 0 Å². The number of para-hydroxylation sites is 1. The molecular weight excluding hydrogens is 236 g/mol. The minimum Gasteiger partial charge on any atom is -0.391 e. The molecule has 3 heteroatoms. The first-order valence-corrected chi connectivity index (χ1v) is 7.43. The van der Waals surface area contributed by atoms with Crippen LogP contribution in [0.25, 0.3) is 0 Å².